The van der Waals surface area contributed by atoms with Gasteiger partial charge in [-0.15, -0.1) is 0 Å². The molecule has 0 saturated heterocycles. The fraction of sp³-hybridized carbons (Fsp3) is 0.200. The molecule has 0 fully saturated rings. The first kappa shape index (κ1) is 15.5. The quantitative estimate of drug-likeness (QED) is 0.866. The molecule has 0 aliphatic carbocycles. The van der Waals surface area contributed by atoms with Gasteiger partial charge in [-0.25, -0.2) is 4.39 Å². The van der Waals surface area contributed by atoms with Crippen molar-refractivity contribution in [3.63, 3.8) is 0 Å². The van der Waals surface area contributed by atoms with Gasteiger partial charge in [-0.1, -0.05) is 30.7 Å². The molecule has 0 aliphatic heterocycles. The summed E-state index contributed by atoms with van der Waals surface area (Å²) in [6.45, 7) is -1.12. The fourth-order valence-corrected chi connectivity index (χ4v) is 2.20. The lowest BCUT2D eigenvalue weighted by Gasteiger charge is -2.15. The van der Waals surface area contributed by atoms with Crippen molar-refractivity contribution in [2.45, 2.75) is 19.5 Å². The maximum Gasteiger partial charge on any atom is 0.387 e. The number of halogens is 4. The Balaban J connectivity index is 2.28. The monoisotopic (exact) mass is 316 g/mol. The molecule has 0 bridgehead atoms. The molecule has 1 unspecified atom stereocenters. The summed E-state index contributed by atoms with van der Waals surface area (Å²) in [7, 11) is 0. The Hall–Kier alpha value is -1.88. The van der Waals surface area contributed by atoms with Crippen LogP contribution in [0.25, 0.3) is 0 Å². The Labute approximate surface area is 124 Å². The highest BCUT2D eigenvalue weighted by Crippen LogP contribution is 2.33. The molecule has 0 spiro atoms. The first-order chi connectivity index (χ1) is 9.88. The van der Waals surface area contributed by atoms with Crippen LogP contribution >= 0.6 is 11.6 Å². The Morgan fingerprint density at radius 2 is 1.71 bits per heavy atom. The number of phenolic OH excluding ortho intramolecular Hbond substituents is 1. The topological polar surface area (TPSA) is 29.5 Å². The van der Waals surface area contributed by atoms with Crippen molar-refractivity contribution in [2.24, 2.45) is 0 Å². The summed E-state index contributed by atoms with van der Waals surface area (Å²) >= 11 is 5.89. The molecule has 2 nitrogen and oxygen atoms in total. The Bertz CT molecular complexity index is 647. The number of phenols is 1. The van der Waals surface area contributed by atoms with E-state index in [1.807, 2.05) is 6.92 Å². The van der Waals surface area contributed by atoms with E-state index in [1.165, 1.54) is 24.3 Å². The first-order valence-electron chi connectivity index (χ1n) is 6.11. The third-order valence-electron chi connectivity index (χ3n) is 3.14. The first-order valence-corrected chi connectivity index (χ1v) is 6.49. The zero-order chi connectivity index (χ0) is 15.6. The number of ether oxygens (including phenoxy) is 1. The molecular weight excluding hydrogens is 305 g/mol. The van der Waals surface area contributed by atoms with Crippen molar-refractivity contribution in [3.05, 3.63) is 58.4 Å². The van der Waals surface area contributed by atoms with Crippen molar-refractivity contribution in [3.8, 4) is 11.5 Å². The Kier molecular flexibility index (Phi) is 4.63. The Morgan fingerprint density at radius 3 is 2.29 bits per heavy atom. The van der Waals surface area contributed by atoms with Crippen LogP contribution in [0, 0.1) is 5.82 Å². The van der Waals surface area contributed by atoms with Crippen LogP contribution in [-0.4, -0.2) is 11.7 Å². The van der Waals surface area contributed by atoms with Crippen LogP contribution in [0.15, 0.2) is 36.4 Å². The lowest BCUT2D eigenvalue weighted by Crippen LogP contribution is -2.03. The molecule has 0 heterocycles. The molecule has 112 valence electrons. The molecule has 2 aromatic carbocycles. The molecule has 0 saturated carbocycles. The van der Waals surface area contributed by atoms with Crippen LogP contribution in [0.1, 0.15) is 24.0 Å². The van der Waals surface area contributed by atoms with Gasteiger partial charge in [-0.05, 0) is 35.4 Å². The molecule has 21 heavy (non-hydrogen) atoms. The molecule has 6 heteroatoms. The Morgan fingerprint density at radius 1 is 1.10 bits per heavy atom. The van der Waals surface area contributed by atoms with Crippen LogP contribution in [-0.2, 0) is 0 Å². The van der Waals surface area contributed by atoms with Crippen LogP contribution in [0.3, 0.4) is 0 Å². The van der Waals surface area contributed by atoms with E-state index in [0.29, 0.717) is 5.56 Å². The minimum absolute atomic E-state index is 0.0611. The molecule has 2 aromatic rings. The summed E-state index contributed by atoms with van der Waals surface area (Å²) in [5.41, 5.74) is 1.40. The summed E-state index contributed by atoms with van der Waals surface area (Å²) in [5.74, 6) is -1.45. The summed E-state index contributed by atoms with van der Waals surface area (Å²) in [4.78, 5) is 0. The minimum Gasteiger partial charge on any atom is -0.505 e. The maximum absolute atomic E-state index is 13.0. The summed E-state index contributed by atoms with van der Waals surface area (Å²) in [5, 5.41) is 9.45. The largest absolute Gasteiger partial charge is 0.505 e. The number of aromatic hydroxyl groups is 1. The van der Waals surface area contributed by atoms with Gasteiger partial charge in [-0.2, -0.15) is 8.78 Å². The molecule has 1 atom stereocenters. The molecular formula is C15H12ClF3O2. The number of rotatable bonds is 4. The molecule has 1 N–H and O–H groups in total. The third kappa shape index (κ3) is 3.61. The fourth-order valence-electron chi connectivity index (χ4n) is 1.97. The van der Waals surface area contributed by atoms with E-state index in [1.54, 1.807) is 6.07 Å². The van der Waals surface area contributed by atoms with E-state index < -0.39 is 18.2 Å². The third-order valence-corrected chi connectivity index (χ3v) is 3.44. The van der Waals surface area contributed by atoms with E-state index >= 15 is 0 Å². The molecule has 2 rings (SSSR count). The standard InChI is InChI=1S/C15H12ClF3O2/c1-8(10-2-4-12(17)13(20)7-10)9-3-5-14(11(16)6-9)21-15(18)19/h2-8,15,20H,1H3. The molecule has 0 amide bonds. The van der Waals surface area contributed by atoms with Crippen molar-refractivity contribution in [1.82, 2.24) is 0 Å². The number of benzene rings is 2. The minimum atomic E-state index is -2.94. The van der Waals surface area contributed by atoms with E-state index in [4.69, 9.17) is 11.6 Å². The van der Waals surface area contributed by atoms with Gasteiger partial charge in [0.15, 0.2) is 11.6 Å². The molecule has 0 aromatic heterocycles. The maximum atomic E-state index is 13.0. The van der Waals surface area contributed by atoms with Crippen molar-refractivity contribution in [2.75, 3.05) is 0 Å². The highest BCUT2D eigenvalue weighted by molar-refractivity contribution is 6.32. The highest BCUT2D eigenvalue weighted by atomic mass is 35.5. The van der Waals surface area contributed by atoms with E-state index in [0.717, 1.165) is 11.6 Å². The molecule has 0 radical (unpaired) electrons. The lowest BCUT2D eigenvalue weighted by molar-refractivity contribution is -0.0497. The predicted molar refractivity (Wildman–Crippen MR) is 73.7 cm³/mol. The average molecular weight is 317 g/mol. The normalized spacial score (nSPS) is 12.5. The predicted octanol–water partition coefficient (Wildman–Crippen LogP) is 4.94. The van der Waals surface area contributed by atoms with Gasteiger partial charge < -0.3 is 9.84 Å². The van der Waals surface area contributed by atoms with Crippen LogP contribution in [0.2, 0.25) is 5.02 Å². The van der Waals surface area contributed by atoms with Gasteiger partial charge in [0.05, 0.1) is 5.02 Å². The van der Waals surface area contributed by atoms with E-state index in [-0.39, 0.29) is 16.7 Å². The zero-order valence-corrected chi connectivity index (χ0v) is 11.7. The molecule has 0 aliphatic rings. The summed E-state index contributed by atoms with van der Waals surface area (Å²) in [6.07, 6.45) is 0. The van der Waals surface area contributed by atoms with Gasteiger partial charge in [0.1, 0.15) is 5.75 Å². The lowest BCUT2D eigenvalue weighted by atomic mass is 9.93. The second kappa shape index (κ2) is 6.26. The van der Waals surface area contributed by atoms with Gasteiger partial charge in [0, 0.05) is 5.92 Å². The number of alkyl halides is 2. The van der Waals surface area contributed by atoms with Crippen LogP contribution in [0.5, 0.6) is 11.5 Å². The second-order valence-electron chi connectivity index (χ2n) is 4.50. The van der Waals surface area contributed by atoms with E-state index in [9.17, 15) is 18.3 Å². The van der Waals surface area contributed by atoms with Crippen molar-refractivity contribution < 1.29 is 23.0 Å². The number of hydrogen-bond acceptors (Lipinski definition) is 2. The second-order valence-corrected chi connectivity index (χ2v) is 4.91. The van der Waals surface area contributed by atoms with Gasteiger partial charge in [-0.3, -0.25) is 0 Å². The number of hydrogen-bond donors (Lipinski definition) is 1. The zero-order valence-electron chi connectivity index (χ0n) is 11.0. The van der Waals surface area contributed by atoms with Gasteiger partial charge >= 0.3 is 6.61 Å². The van der Waals surface area contributed by atoms with E-state index in [2.05, 4.69) is 4.74 Å². The average Bonchev–Trinajstić information content (AvgIpc) is 2.43. The summed E-state index contributed by atoms with van der Waals surface area (Å²) < 4.78 is 41.6. The van der Waals surface area contributed by atoms with Gasteiger partial charge in [0.2, 0.25) is 0 Å². The van der Waals surface area contributed by atoms with Crippen LogP contribution < -0.4 is 4.74 Å². The van der Waals surface area contributed by atoms with Crippen LogP contribution in [0.4, 0.5) is 13.2 Å². The van der Waals surface area contributed by atoms with Gasteiger partial charge in [0.25, 0.3) is 0 Å². The van der Waals surface area contributed by atoms with Crippen molar-refractivity contribution in [1.29, 1.82) is 0 Å². The smallest absolute Gasteiger partial charge is 0.387 e. The SMILES string of the molecule is CC(c1ccc(F)c(O)c1)c1ccc(OC(F)F)c(Cl)c1. The highest BCUT2D eigenvalue weighted by Gasteiger charge is 2.14. The summed E-state index contributed by atoms with van der Waals surface area (Å²) in [6, 6.07) is 8.47. The van der Waals surface area contributed by atoms with Crippen molar-refractivity contribution >= 4 is 11.6 Å².